The van der Waals surface area contributed by atoms with Gasteiger partial charge in [-0.25, -0.2) is 14.8 Å². The standard InChI is InChI=1S/C15H22ClN3O2S/c1-15(2,3)21-14(20)19-7-5-6-10(9-19)11-8-12(16)18-13(17-11)22-4/h8,10H,5-7,9H2,1-4H3/t10-/m0/s1. The summed E-state index contributed by atoms with van der Waals surface area (Å²) < 4.78 is 5.45. The van der Waals surface area contributed by atoms with Gasteiger partial charge in [-0.2, -0.15) is 0 Å². The van der Waals surface area contributed by atoms with E-state index in [1.165, 1.54) is 11.8 Å². The second-order valence-corrected chi connectivity index (χ2v) is 7.53. The van der Waals surface area contributed by atoms with Crippen LogP contribution in [0.2, 0.25) is 5.15 Å². The first kappa shape index (κ1) is 17.3. The van der Waals surface area contributed by atoms with Crippen molar-refractivity contribution in [3.8, 4) is 0 Å². The van der Waals surface area contributed by atoms with E-state index in [9.17, 15) is 4.79 Å². The number of hydrogen-bond donors (Lipinski definition) is 0. The Labute approximate surface area is 140 Å². The molecule has 1 atom stereocenters. The fraction of sp³-hybridized carbons (Fsp3) is 0.667. The smallest absolute Gasteiger partial charge is 0.410 e. The Bertz CT molecular complexity index is 548. The van der Waals surface area contributed by atoms with Crippen molar-refractivity contribution in [1.82, 2.24) is 14.9 Å². The third kappa shape index (κ3) is 4.74. The summed E-state index contributed by atoms with van der Waals surface area (Å²) in [6.07, 6.45) is 3.58. The molecule has 0 aromatic carbocycles. The van der Waals surface area contributed by atoms with Gasteiger partial charge in [0.2, 0.25) is 0 Å². The van der Waals surface area contributed by atoms with Gasteiger partial charge in [0.25, 0.3) is 0 Å². The fourth-order valence-corrected chi connectivity index (χ4v) is 3.05. The molecular formula is C15H22ClN3O2S. The average Bonchev–Trinajstić information content (AvgIpc) is 2.45. The predicted molar refractivity (Wildman–Crippen MR) is 88.6 cm³/mol. The van der Waals surface area contributed by atoms with Gasteiger partial charge in [-0.05, 0) is 45.9 Å². The predicted octanol–water partition coefficient (Wildman–Crippen LogP) is 3.97. The topological polar surface area (TPSA) is 55.3 Å². The molecule has 0 aliphatic carbocycles. The number of carbonyl (C=O) groups is 1. The molecule has 1 amide bonds. The summed E-state index contributed by atoms with van der Waals surface area (Å²) >= 11 is 7.53. The number of thioether (sulfide) groups is 1. The van der Waals surface area contributed by atoms with Gasteiger partial charge < -0.3 is 9.64 Å². The Morgan fingerprint density at radius 2 is 2.18 bits per heavy atom. The average molecular weight is 344 g/mol. The maximum absolute atomic E-state index is 12.2. The number of aromatic nitrogens is 2. The van der Waals surface area contributed by atoms with Gasteiger partial charge in [-0.1, -0.05) is 23.4 Å². The van der Waals surface area contributed by atoms with Gasteiger partial charge in [0.05, 0.1) is 5.69 Å². The number of rotatable bonds is 2. The van der Waals surface area contributed by atoms with Crippen LogP contribution in [0.1, 0.15) is 45.2 Å². The molecule has 122 valence electrons. The van der Waals surface area contributed by atoms with Crippen LogP contribution in [0.3, 0.4) is 0 Å². The summed E-state index contributed by atoms with van der Waals surface area (Å²) in [6, 6.07) is 1.80. The molecule has 22 heavy (non-hydrogen) atoms. The van der Waals surface area contributed by atoms with Crippen LogP contribution in [0, 0.1) is 0 Å². The molecule has 1 aliphatic rings. The molecule has 1 aliphatic heterocycles. The molecule has 1 aromatic heterocycles. The summed E-state index contributed by atoms with van der Waals surface area (Å²) in [4.78, 5) is 22.7. The minimum Gasteiger partial charge on any atom is -0.444 e. The van der Waals surface area contributed by atoms with Gasteiger partial charge in [0.1, 0.15) is 10.8 Å². The van der Waals surface area contributed by atoms with Crippen molar-refractivity contribution in [1.29, 1.82) is 0 Å². The van der Waals surface area contributed by atoms with E-state index in [1.54, 1.807) is 11.0 Å². The highest BCUT2D eigenvalue weighted by Crippen LogP contribution is 2.29. The van der Waals surface area contributed by atoms with Gasteiger partial charge in [-0.3, -0.25) is 0 Å². The summed E-state index contributed by atoms with van der Waals surface area (Å²) in [5.41, 5.74) is 0.423. The van der Waals surface area contributed by atoms with Crippen molar-refractivity contribution in [3.63, 3.8) is 0 Å². The monoisotopic (exact) mass is 343 g/mol. The van der Waals surface area contributed by atoms with Crippen molar-refractivity contribution in [2.75, 3.05) is 19.3 Å². The lowest BCUT2D eigenvalue weighted by Crippen LogP contribution is -2.42. The Morgan fingerprint density at radius 3 is 2.82 bits per heavy atom. The lowest BCUT2D eigenvalue weighted by molar-refractivity contribution is 0.0197. The van der Waals surface area contributed by atoms with E-state index < -0.39 is 5.60 Å². The summed E-state index contributed by atoms with van der Waals surface area (Å²) in [7, 11) is 0. The second-order valence-electron chi connectivity index (χ2n) is 6.37. The minimum absolute atomic E-state index is 0.174. The van der Waals surface area contributed by atoms with Crippen LogP contribution < -0.4 is 0 Å². The Balaban J connectivity index is 2.10. The van der Waals surface area contributed by atoms with E-state index in [-0.39, 0.29) is 12.0 Å². The van der Waals surface area contributed by atoms with Crippen LogP contribution >= 0.6 is 23.4 Å². The number of nitrogens with zero attached hydrogens (tertiary/aromatic N) is 3. The van der Waals surface area contributed by atoms with E-state index in [2.05, 4.69) is 9.97 Å². The van der Waals surface area contributed by atoms with Crippen molar-refractivity contribution in [3.05, 3.63) is 16.9 Å². The van der Waals surface area contributed by atoms with Gasteiger partial charge >= 0.3 is 6.09 Å². The van der Waals surface area contributed by atoms with E-state index in [0.29, 0.717) is 16.9 Å². The van der Waals surface area contributed by atoms with Crippen molar-refractivity contribution >= 4 is 29.5 Å². The summed E-state index contributed by atoms with van der Waals surface area (Å²) in [5, 5.41) is 1.11. The summed E-state index contributed by atoms with van der Waals surface area (Å²) in [6.45, 7) is 6.96. The first-order valence-corrected chi connectivity index (χ1v) is 8.95. The van der Waals surface area contributed by atoms with Crippen LogP contribution in [0.5, 0.6) is 0 Å². The highest BCUT2D eigenvalue weighted by molar-refractivity contribution is 7.98. The molecule has 1 fully saturated rings. The first-order valence-electron chi connectivity index (χ1n) is 7.35. The zero-order chi connectivity index (χ0) is 16.3. The number of piperidine rings is 1. The van der Waals surface area contributed by atoms with Crippen molar-refractivity contribution in [2.45, 2.75) is 50.3 Å². The zero-order valence-corrected chi connectivity index (χ0v) is 15.0. The Kier molecular flexibility index (Phi) is 5.55. The molecule has 1 aromatic rings. The summed E-state index contributed by atoms with van der Waals surface area (Å²) in [5.74, 6) is 0.174. The second kappa shape index (κ2) is 7.04. The largest absolute Gasteiger partial charge is 0.444 e. The normalized spacial score (nSPS) is 19.1. The van der Waals surface area contributed by atoms with Crippen LogP contribution in [0.25, 0.3) is 0 Å². The lowest BCUT2D eigenvalue weighted by atomic mass is 9.95. The number of ether oxygens (including phenoxy) is 1. The molecule has 0 N–H and O–H groups in total. The van der Waals surface area contributed by atoms with Crippen molar-refractivity contribution < 1.29 is 9.53 Å². The third-order valence-electron chi connectivity index (χ3n) is 3.37. The van der Waals surface area contributed by atoms with Gasteiger partial charge in [0, 0.05) is 19.0 Å². The maximum Gasteiger partial charge on any atom is 0.410 e. The molecule has 0 bridgehead atoms. The van der Waals surface area contributed by atoms with Crippen molar-refractivity contribution in [2.24, 2.45) is 0 Å². The molecule has 5 nitrogen and oxygen atoms in total. The number of likely N-dealkylation sites (tertiary alicyclic amines) is 1. The minimum atomic E-state index is -0.478. The van der Waals surface area contributed by atoms with Crippen LogP contribution in [0.15, 0.2) is 11.2 Å². The van der Waals surface area contributed by atoms with Crippen LogP contribution in [-0.2, 0) is 4.74 Å². The SMILES string of the molecule is CSc1nc(Cl)cc([C@H]2CCCN(C(=O)OC(C)(C)C)C2)n1. The van der Waals surface area contributed by atoms with E-state index in [0.717, 1.165) is 25.1 Å². The molecule has 7 heteroatoms. The number of hydrogen-bond acceptors (Lipinski definition) is 5. The maximum atomic E-state index is 12.2. The van der Waals surface area contributed by atoms with E-state index in [4.69, 9.17) is 16.3 Å². The molecule has 0 spiro atoms. The fourth-order valence-electron chi connectivity index (χ4n) is 2.42. The highest BCUT2D eigenvalue weighted by Gasteiger charge is 2.29. The Hall–Kier alpha value is -1.01. The molecule has 2 rings (SSSR count). The van der Waals surface area contributed by atoms with Crippen LogP contribution in [0.4, 0.5) is 4.79 Å². The zero-order valence-electron chi connectivity index (χ0n) is 13.4. The lowest BCUT2D eigenvalue weighted by Gasteiger charge is -2.34. The molecule has 2 heterocycles. The van der Waals surface area contributed by atoms with E-state index >= 15 is 0 Å². The Morgan fingerprint density at radius 1 is 1.45 bits per heavy atom. The number of amides is 1. The van der Waals surface area contributed by atoms with E-state index in [1.807, 2.05) is 27.0 Å². The molecular weight excluding hydrogens is 322 g/mol. The van der Waals surface area contributed by atoms with Gasteiger partial charge in [0.15, 0.2) is 5.16 Å². The number of halogens is 1. The molecule has 1 saturated heterocycles. The van der Waals surface area contributed by atoms with Gasteiger partial charge in [-0.15, -0.1) is 0 Å². The number of carbonyl (C=O) groups excluding carboxylic acids is 1. The molecule has 0 radical (unpaired) electrons. The first-order chi connectivity index (χ1) is 10.3. The molecule has 0 saturated carbocycles. The molecule has 0 unspecified atom stereocenters. The third-order valence-corrected chi connectivity index (χ3v) is 4.11. The van der Waals surface area contributed by atoms with Crippen LogP contribution in [-0.4, -0.2) is 45.9 Å². The highest BCUT2D eigenvalue weighted by atomic mass is 35.5. The quantitative estimate of drug-likeness (QED) is 0.462.